The van der Waals surface area contributed by atoms with Gasteiger partial charge in [0.15, 0.2) is 0 Å². The average Bonchev–Trinajstić information content (AvgIpc) is 3.14. The summed E-state index contributed by atoms with van der Waals surface area (Å²) in [6.07, 6.45) is 2.25. The van der Waals surface area contributed by atoms with Gasteiger partial charge < -0.3 is 23.1 Å². The van der Waals surface area contributed by atoms with Gasteiger partial charge in [0.05, 0.1) is 29.9 Å². The molecule has 8 heteroatoms. The highest BCUT2D eigenvalue weighted by molar-refractivity contribution is 7.98. The number of anilines is 1. The molecule has 180 valence electrons. The van der Waals surface area contributed by atoms with E-state index in [1.165, 1.54) is 5.52 Å². The predicted octanol–water partition coefficient (Wildman–Crippen LogP) is 4.35. The fraction of sp³-hybridized carbons (Fsp3) is 0.708. The fourth-order valence-electron chi connectivity index (χ4n) is 4.06. The number of nitrogens with zero attached hydrogens (tertiary/aromatic N) is 4. The topological polar surface area (TPSA) is 52.0 Å². The van der Waals surface area contributed by atoms with Crippen LogP contribution in [0.15, 0.2) is 18.2 Å². The van der Waals surface area contributed by atoms with Crippen LogP contribution in [0, 0.1) is 5.92 Å². The van der Waals surface area contributed by atoms with Crippen LogP contribution in [0.4, 0.5) is 5.69 Å². The van der Waals surface area contributed by atoms with E-state index in [2.05, 4.69) is 59.2 Å². The first-order chi connectivity index (χ1) is 15.3. The third-order valence-corrected chi connectivity index (χ3v) is 6.93. The molecule has 1 aliphatic rings. The van der Waals surface area contributed by atoms with Gasteiger partial charge in [-0.25, -0.2) is 9.29 Å². The molecule has 2 aromatic rings. The Kier molecular flexibility index (Phi) is 9.25. The molecule has 0 radical (unpaired) electrons. The zero-order valence-electron chi connectivity index (χ0n) is 20.6. The molecule has 1 aromatic carbocycles. The van der Waals surface area contributed by atoms with Crippen molar-refractivity contribution in [1.82, 2.24) is 13.9 Å². The number of imidazole rings is 1. The third-order valence-electron chi connectivity index (χ3n) is 5.88. The average molecular weight is 465 g/mol. The Morgan fingerprint density at radius 1 is 1.12 bits per heavy atom. The minimum atomic E-state index is -0.0118. The van der Waals surface area contributed by atoms with Crippen LogP contribution in [0.3, 0.4) is 0 Å². The van der Waals surface area contributed by atoms with E-state index in [1.54, 1.807) is 26.4 Å². The largest absolute Gasteiger partial charge is 0.383 e. The van der Waals surface area contributed by atoms with Gasteiger partial charge in [-0.2, -0.15) is 0 Å². The summed E-state index contributed by atoms with van der Waals surface area (Å²) in [5.74, 6) is 1.81. The molecule has 1 saturated heterocycles. The first kappa shape index (κ1) is 25.3. The lowest BCUT2D eigenvalue weighted by Crippen LogP contribution is -2.28. The molecule has 3 rings (SSSR count). The maximum absolute atomic E-state index is 5.57. The number of hydrogen-bond donors (Lipinski definition) is 0. The minimum absolute atomic E-state index is 0.0118. The van der Waals surface area contributed by atoms with E-state index in [0.717, 1.165) is 62.7 Å². The Bertz CT molecular complexity index is 838. The second-order valence-electron chi connectivity index (χ2n) is 9.52. The van der Waals surface area contributed by atoms with Gasteiger partial charge in [0.1, 0.15) is 5.82 Å². The van der Waals surface area contributed by atoms with Crippen LogP contribution in [-0.4, -0.2) is 74.6 Å². The van der Waals surface area contributed by atoms with E-state index in [-0.39, 0.29) is 5.41 Å². The monoisotopic (exact) mass is 464 g/mol. The highest BCUT2D eigenvalue weighted by Gasteiger charge is 2.25. The van der Waals surface area contributed by atoms with Crippen LogP contribution in [0.5, 0.6) is 0 Å². The molecule has 0 spiro atoms. The van der Waals surface area contributed by atoms with Crippen molar-refractivity contribution in [2.45, 2.75) is 45.6 Å². The number of aromatic nitrogens is 2. The zero-order valence-corrected chi connectivity index (χ0v) is 21.4. The normalized spacial score (nSPS) is 15.7. The van der Waals surface area contributed by atoms with Crippen molar-refractivity contribution in [3.05, 3.63) is 24.0 Å². The van der Waals surface area contributed by atoms with Crippen molar-refractivity contribution in [2.24, 2.45) is 5.92 Å². The van der Waals surface area contributed by atoms with Gasteiger partial charge in [0.25, 0.3) is 0 Å². The first-order valence-corrected chi connectivity index (χ1v) is 12.3. The predicted molar refractivity (Wildman–Crippen MR) is 133 cm³/mol. The minimum Gasteiger partial charge on any atom is -0.383 e. The summed E-state index contributed by atoms with van der Waals surface area (Å²) in [6, 6.07) is 6.65. The quantitative estimate of drug-likeness (QED) is 0.458. The summed E-state index contributed by atoms with van der Waals surface area (Å²) in [5, 5.41) is 0. The molecule has 1 fully saturated rings. The highest BCUT2D eigenvalue weighted by atomic mass is 32.2. The molecule has 1 aliphatic heterocycles. The van der Waals surface area contributed by atoms with Crippen LogP contribution in [0.25, 0.3) is 11.0 Å². The van der Waals surface area contributed by atoms with Crippen molar-refractivity contribution < 1.29 is 14.2 Å². The van der Waals surface area contributed by atoms with Gasteiger partial charge in [-0.1, -0.05) is 20.8 Å². The first-order valence-electron chi connectivity index (χ1n) is 11.6. The lowest BCUT2D eigenvalue weighted by molar-refractivity contribution is 0.0611. The molecule has 0 unspecified atom stereocenters. The molecular weight excluding hydrogens is 424 g/mol. The summed E-state index contributed by atoms with van der Waals surface area (Å²) in [5.41, 5.74) is 3.41. The van der Waals surface area contributed by atoms with Crippen molar-refractivity contribution in [3.8, 4) is 0 Å². The van der Waals surface area contributed by atoms with Crippen molar-refractivity contribution in [2.75, 3.05) is 65.1 Å². The van der Waals surface area contributed by atoms with Gasteiger partial charge in [-0.05, 0) is 37.0 Å². The van der Waals surface area contributed by atoms with Crippen molar-refractivity contribution in [3.63, 3.8) is 0 Å². The summed E-state index contributed by atoms with van der Waals surface area (Å²) < 4.78 is 23.0. The Morgan fingerprint density at radius 2 is 1.78 bits per heavy atom. The second kappa shape index (κ2) is 11.7. The van der Waals surface area contributed by atoms with Crippen LogP contribution in [0.2, 0.25) is 0 Å². The van der Waals surface area contributed by atoms with Gasteiger partial charge in [0.2, 0.25) is 0 Å². The number of fused-ring (bicyclic) bond motifs is 1. The van der Waals surface area contributed by atoms with Crippen molar-refractivity contribution >= 4 is 28.9 Å². The number of benzene rings is 1. The van der Waals surface area contributed by atoms with Crippen LogP contribution < -0.4 is 4.31 Å². The zero-order chi connectivity index (χ0) is 23.1. The molecule has 0 atom stereocenters. The third kappa shape index (κ3) is 6.60. The van der Waals surface area contributed by atoms with E-state index in [1.807, 2.05) is 0 Å². The van der Waals surface area contributed by atoms with Crippen molar-refractivity contribution in [1.29, 1.82) is 0 Å². The highest BCUT2D eigenvalue weighted by Crippen LogP contribution is 2.32. The number of hydrogen-bond acceptors (Lipinski definition) is 7. The summed E-state index contributed by atoms with van der Waals surface area (Å²) in [7, 11) is 5.57. The molecule has 1 aromatic heterocycles. The molecule has 2 heterocycles. The number of rotatable bonds is 11. The van der Waals surface area contributed by atoms with Crippen LogP contribution in [-0.2, 0) is 26.2 Å². The van der Waals surface area contributed by atoms with E-state index in [4.69, 9.17) is 19.2 Å². The lowest BCUT2D eigenvalue weighted by atomic mass is 9.94. The fourth-order valence-corrected chi connectivity index (χ4v) is 4.93. The van der Waals surface area contributed by atoms with E-state index in [9.17, 15) is 0 Å². The maximum Gasteiger partial charge on any atom is 0.115 e. The van der Waals surface area contributed by atoms with Gasteiger partial charge in [-0.3, -0.25) is 0 Å². The van der Waals surface area contributed by atoms with Gasteiger partial charge in [0, 0.05) is 71.7 Å². The van der Waals surface area contributed by atoms with E-state index < -0.39 is 0 Å². The molecule has 0 saturated carbocycles. The molecule has 0 aliphatic carbocycles. The molecule has 32 heavy (non-hydrogen) atoms. The van der Waals surface area contributed by atoms with E-state index in [0.29, 0.717) is 19.1 Å². The van der Waals surface area contributed by atoms with Gasteiger partial charge >= 0.3 is 0 Å². The Balaban J connectivity index is 1.83. The van der Waals surface area contributed by atoms with Crippen LogP contribution in [0.1, 0.15) is 39.4 Å². The Morgan fingerprint density at radius 3 is 2.38 bits per heavy atom. The number of methoxy groups -OCH3 is 2. The number of ether oxygens (including phenoxy) is 3. The van der Waals surface area contributed by atoms with Crippen LogP contribution >= 0.6 is 12.1 Å². The smallest absolute Gasteiger partial charge is 0.115 e. The summed E-state index contributed by atoms with van der Waals surface area (Å²) in [4.78, 5) is 5.11. The summed E-state index contributed by atoms with van der Waals surface area (Å²) in [6.45, 7) is 12.6. The standard InChI is InChI=1S/C24H40N4O3S/c1-24(2,3)23-25-21-17-20(26(4)32-27(11-15-29-5)12-16-30-6)7-8-22(21)28(23)18-19-9-13-31-14-10-19/h7-8,17,19H,9-16,18H2,1-6H3. The lowest BCUT2D eigenvalue weighted by Gasteiger charge is -2.27. The molecule has 0 bridgehead atoms. The molecule has 0 amide bonds. The summed E-state index contributed by atoms with van der Waals surface area (Å²) >= 11 is 1.69. The Hall–Kier alpha value is -1.32. The second-order valence-corrected chi connectivity index (χ2v) is 10.7. The molecule has 7 nitrogen and oxygen atoms in total. The van der Waals surface area contributed by atoms with Gasteiger partial charge in [-0.15, -0.1) is 0 Å². The Labute approximate surface area is 197 Å². The molecular formula is C24H40N4O3S. The van der Waals surface area contributed by atoms with E-state index >= 15 is 0 Å². The SMILES string of the molecule is COCCN(CCOC)SN(C)c1ccc2c(c1)nc(C(C)(C)C)n2CC1CCOCC1. The maximum atomic E-state index is 5.57. The molecule has 0 N–H and O–H groups in total.